The minimum Gasteiger partial charge on any atom is -0.332 e. The molecule has 1 aliphatic rings. The van der Waals surface area contributed by atoms with Crippen molar-refractivity contribution in [3.05, 3.63) is 88.1 Å². The molecule has 0 radical (unpaired) electrons. The molecular weight excluding hydrogens is 457 g/mol. The molecule has 0 spiro atoms. The summed E-state index contributed by atoms with van der Waals surface area (Å²) in [6, 6.07) is 12.0. The largest absolute Gasteiger partial charge is 0.332 e. The van der Waals surface area contributed by atoms with Crippen LogP contribution in [0.1, 0.15) is 48.2 Å². The first-order valence-corrected chi connectivity index (χ1v) is 11.2. The van der Waals surface area contributed by atoms with Crippen molar-refractivity contribution in [2.45, 2.75) is 32.6 Å². The zero-order valence-corrected chi connectivity index (χ0v) is 19.2. The van der Waals surface area contributed by atoms with E-state index in [1.54, 1.807) is 18.5 Å². The first-order valence-electron chi connectivity index (χ1n) is 10.9. The van der Waals surface area contributed by atoms with Gasteiger partial charge in [-0.1, -0.05) is 48.0 Å². The molecule has 0 bridgehead atoms. The van der Waals surface area contributed by atoms with Gasteiger partial charge in [-0.15, -0.1) is 5.10 Å². The Balaban J connectivity index is 1.52. The van der Waals surface area contributed by atoms with Crippen LogP contribution in [0.5, 0.6) is 0 Å². The number of rotatable bonds is 4. The van der Waals surface area contributed by atoms with Crippen molar-refractivity contribution in [2.75, 3.05) is 0 Å². The maximum Gasteiger partial charge on any atom is 0.278 e. The van der Waals surface area contributed by atoms with Crippen molar-refractivity contribution in [2.24, 2.45) is 0 Å². The number of imidazole rings is 1. The summed E-state index contributed by atoms with van der Waals surface area (Å²) >= 11 is 6.35. The summed E-state index contributed by atoms with van der Waals surface area (Å²) in [6.45, 7) is 4.02. The van der Waals surface area contributed by atoms with Gasteiger partial charge in [-0.25, -0.2) is 14.1 Å². The van der Waals surface area contributed by atoms with E-state index in [9.17, 15) is 4.39 Å². The molecule has 0 fully saturated rings. The Bertz CT molecular complexity index is 1520. The van der Waals surface area contributed by atoms with Crippen LogP contribution in [0, 0.1) is 5.82 Å². The van der Waals surface area contributed by atoms with Crippen LogP contribution in [0.4, 0.5) is 4.39 Å². The Kier molecular flexibility index (Phi) is 4.80. The van der Waals surface area contributed by atoms with Gasteiger partial charge in [-0.2, -0.15) is 4.98 Å². The smallest absolute Gasteiger partial charge is 0.278 e. The minimum atomic E-state index is -0.275. The lowest BCUT2D eigenvalue weighted by atomic mass is 10.1. The van der Waals surface area contributed by atoms with Crippen molar-refractivity contribution in [3.8, 4) is 23.0 Å². The first kappa shape index (κ1) is 20.7. The highest BCUT2D eigenvalue weighted by molar-refractivity contribution is 6.30. The molecule has 8 nitrogen and oxygen atoms in total. The molecule has 10 heteroatoms. The monoisotopic (exact) mass is 475 g/mol. The van der Waals surface area contributed by atoms with Crippen LogP contribution in [0.15, 0.2) is 53.3 Å². The summed E-state index contributed by atoms with van der Waals surface area (Å²) < 4.78 is 22.8. The lowest BCUT2D eigenvalue weighted by molar-refractivity contribution is 0.418. The van der Waals surface area contributed by atoms with E-state index in [0.29, 0.717) is 35.3 Å². The van der Waals surface area contributed by atoms with Crippen molar-refractivity contribution in [1.82, 2.24) is 34.7 Å². The molecule has 4 heterocycles. The maximum atomic E-state index is 13.4. The molecule has 0 unspecified atom stereocenters. The van der Waals surface area contributed by atoms with Crippen LogP contribution in [0.25, 0.3) is 23.0 Å². The SMILES string of the molecule is CC(C)c1noc(-c2ncn3c2Cc2c(Cc4ccc(F)cc4)nnn2-c2cc(Cl)ccc2-3)n1. The third kappa shape index (κ3) is 3.40. The molecule has 0 atom stereocenters. The second-order valence-electron chi connectivity index (χ2n) is 8.53. The average Bonchev–Trinajstić information content (AvgIpc) is 3.53. The minimum absolute atomic E-state index is 0.134. The summed E-state index contributed by atoms with van der Waals surface area (Å²) in [6.07, 6.45) is 2.73. The highest BCUT2D eigenvalue weighted by atomic mass is 35.5. The number of hydrogen-bond donors (Lipinski definition) is 0. The number of hydrogen-bond acceptors (Lipinski definition) is 6. The van der Waals surface area contributed by atoms with E-state index in [1.165, 1.54) is 12.1 Å². The lowest BCUT2D eigenvalue weighted by Gasteiger charge is -2.09. The van der Waals surface area contributed by atoms with Crippen LogP contribution in [0.3, 0.4) is 0 Å². The van der Waals surface area contributed by atoms with Gasteiger partial charge < -0.3 is 4.52 Å². The number of halogens is 2. The molecule has 5 aromatic rings. The van der Waals surface area contributed by atoms with Crippen molar-refractivity contribution in [1.29, 1.82) is 0 Å². The van der Waals surface area contributed by atoms with Gasteiger partial charge >= 0.3 is 0 Å². The van der Waals surface area contributed by atoms with Crippen LogP contribution < -0.4 is 0 Å². The van der Waals surface area contributed by atoms with E-state index in [4.69, 9.17) is 16.1 Å². The molecule has 3 aromatic heterocycles. The van der Waals surface area contributed by atoms with E-state index in [0.717, 1.165) is 34.0 Å². The van der Waals surface area contributed by atoms with Crippen LogP contribution in [-0.2, 0) is 12.8 Å². The summed E-state index contributed by atoms with van der Waals surface area (Å²) in [5.41, 5.74) is 5.75. The molecule has 34 heavy (non-hydrogen) atoms. The fraction of sp³-hybridized carbons (Fsp3) is 0.208. The fourth-order valence-corrected chi connectivity index (χ4v) is 4.33. The quantitative estimate of drug-likeness (QED) is 0.360. The Morgan fingerprint density at radius 2 is 1.91 bits per heavy atom. The predicted molar refractivity (Wildman–Crippen MR) is 123 cm³/mol. The summed E-state index contributed by atoms with van der Waals surface area (Å²) in [4.78, 5) is 9.18. The molecule has 0 saturated heterocycles. The topological polar surface area (TPSA) is 87.5 Å². The highest BCUT2D eigenvalue weighted by Crippen LogP contribution is 2.35. The first-order chi connectivity index (χ1) is 16.5. The van der Waals surface area contributed by atoms with Crippen LogP contribution >= 0.6 is 11.6 Å². The van der Waals surface area contributed by atoms with Gasteiger partial charge in [0.25, 0.3) is 5.89 Å². The normalized spacial score (nSPS) is 12.4. The number of aromatic nitrogens is 7. The summed E-state index contributed by atoms with van der Waals surface area (Å²) in [5.74, 6) is 0.854. The van der Waals surface area contributed by atoms with Gasteiger partial charge in [-0.05, 0) is 35.9 Å². The standard InChI is InChI=1S/C24H19ClFN7O/c1-13(2)23-28-24(34-30-23)22-21-11-19-17(9-14-3-6-16(26)7-4-14)29-31-33(19)20-10-15(25)5-8-18(20)32(21)12-27-22/h3-8,10,12-13H,9,11H2,1-2H3. The van der Waals surface area contributed by atoms with Gasteiger partial charge in [0.2, 0.25) is 0 Å². The molecule has 2 aromatic carbocycles. The third-order valence-corrected chi connectivity index (χ3v) is 6.15. The zero-order valence-electron chi connectivity index (χ0n) is 18.4. The molecule has 6 rings (SSSR count). The second kappa shape index (κ2) is 7.88. The Labute approximate surface area is 199 Å². The van der Waals surface area contributed by atoms with E-state index in [2.05, 4.69) is 25.4 Å². The molecule has 0 aliphatic carbocycles. The second-order valence-corrected chi connectivity index (χ2v) is 8.97. The Hall–Kier alpha value is -3.85. The summed E-state index contributed by atoms with van der Waals surface area (Å²) in [5, 5.41) is 13.6. The third-order valence-electron chi connectivity index (χ3n) is 5.92. The molecule has 0 saturated carbocycles. The van der Waals surface area contributed by atoms with Crippen molar-refractivity contribution in [3.63, 3.8) is 0 Å². The zero-order chi connectivity index (χ0) is 23.4. The van der Waals surface area contributed by atoms with Crippen molar-refractivity contribution < 1.29 is 8.91 Å². The predicted octanol–water partition coefficient (Wildman–Crippen LogP) is 4.91. The molecule has 0 amide bonds. The van der Waals surface area contributed by atoms with Crippen LogP contribution in [-0.4, -0.2) is 34.7 Å². The Morgan fingerprint density at radius 1 is 1.09 bits per heavy atom. The van der Waals surface area contributed by atoms with E-state index >= 15 is 0 Å². The summed E-state index contributed by atoms with van der Waals surface area (Å²) in [7, 11) is 0. The maximum absolute atomic E-state index is 13.4. The van der Waals surface area contributed by atoms with E-state index in [1.807, 2.05) is 41.3 Å². The van der Waals surface area contributed by atoms with E-state index in [-0.39, 0.29) is 11.7 Å². The Morgan fingerprint density at radius 3 is 2.68 bits per heavy atom. The molecule has 1 aliphatic heterocycles. The van der Waals surface area contributed by atoms with Gasteiger partial charge in [-0.3, -0.25) is 4.57 Å². The highest BCUT2D eigenvalue weighted by Gasteiger charge is 2.29. The van der Waals surface area contributed by atoms with Gasteiger partial charge in [0.1, 0.15) is 12.1 Å². The lowest BCUT2D eigenvalue weighted by Crippen LogP contribution is -2.04. The fourth-order valence-electron chi connectivity index (χ4n) is 4.16. The van der Waals surface area contributed by atoms with Crippen LogP contribution in [0.2, 0.25) is 5.02 Å². The van der Waals surface area contributed by atoms with Gasteiger partial charge in [0.05, 0.1) is 28.5 Å². The van der Waals surface area contributed by atoms with Crippen molar-refractivity contribution >= 4 is 11.6 Å². The van der Waals surface area contributed by atoms with Gasteiger partial charge in [0.15, 0.2) is 11.5 Å². The average molecular weight is 476 g/mol. The molecule has 0 N–H and O–H groups in total. The number of benzene rings is 2. The molecular formula is C24H19ClFN7O. The molecule has 170 valence electrons. The van der Waals surface area contributed by atoms with E-state index < -0.39 is 0 Å². The number of nitrogens with zero attached hydrogens (tertiary/aromatic N) is 7. The van der Waals surface area contributed by atoms with Gasteiger partial charge in [0, 0.05) is 23.8 Å². The number of fused-ring (bicyclic) bond motifs is 5.